The lowest BCUT2D eigenvalue weighted by molar-refractivity contribution is 0.632. The third-order valence-electron chi connectivity index (χ3n) is 4.29. The van der Waals surface area contributed by atoms with Crippen LogP contribution in [0.25, 0.3) is 22.5 Å². The van der Waals surface area contributed by atoms with Gasteiger partial charge in [0.1, 0.15) is 5.69 Å². The van der Waals surface area contributed by atoms with Gasteiger partial charge in [0.2, 0.25) is 0 Å². The number of hydrogen-bond acceptors (Lipinski definition) is 3. The number of anilines is 1. The smallest absolute Gasteiger partial charge is 0.123 e. The second-order valence-electron chi connectivity index (χ2n) is 5.63. The Morgan fingerprint density at radius 2 is 1.73 bits per heavy atom. The van der Waals surface area contributed by atoms with Gasteiger partial charge in [0.05, 0.1) is 5.69 Å². The van der Waals surface area contributed by atoms with Crippen LogP contribution in [0.1, 0.15) is 12.5 Å². The van der Waals surface area contributed by atoms with Crippen LogP contribution in [0.15, 0.2) is 48.5 Å². The van der Waals surface area contributed by atoms with Gasteiger partial charge >= 0.3 is 0 Å². The molecule has 2 heterocycles. The van der Waals surface area contributed by atoms with E-state index in [2.05, 4.69) is 77.7 Å². The highest BCUT2D eigenvalue weighted by atomic mass is 15.4. The molecule has 4 nitrogen and oxygen atoms in total. The largest absolute Gasteiger partial charge is 0.370 e. The van der Waals surface area contributed by atoms with Gasteiger partial charge < -0.3 is 4.90 Å². The molecular formula is C18H18N4. The van der Waals surface area contributed by atoms with Crippen LogP contribution in [0.4, 0.5) is 5.69 Å². The molecule has 0 aliphatic carbocycles. The van der Waals surface area contributed by atoms with Gasteiger partial charge in [0.15, 0.2) is 0 Å². The van der Waals surface area contributed by atoms with E-state index in [9.17, 15) is 0 Å². The van der Waals surface area contributed by atoms with E-state index in [0.717, 1.165) is 30.0 Å². The van der Waals surface area contributed by atoms with Gasteiger partial charge in [-0.1, -0.05) is 47.7 Å². The van der Waals surface area contributed by atoms with Crippen molar-refractivity contribution in [1.82, 2.24) is 15.0 Å². The van der Waals surface area contributed by atoms with Crippen molar-refractivity contribution >= 4 is 5.69 Å². The minimum atomic E-state index is 0.814. The van der Waals surface area contributed by atoms with Crippen LogP contribution in [0.2, 0.25) is 0 Å². The van der Waals surface area contributed by atoms with Crippen molar-refractivity contribution < 1.29 is 0 Å². The lowest BCUT2D eigenvalue weighted by Crippen LogP contribution is -2.19. The Hall–Kier alpha value is -2.62. The van der Waals surface area contributed by atoms with Crippen molar-refractivity contribution in [2.75, 3.05) is 11.9 Å². The molecule has 0 atom stereocenters. The fourth-order valence-corrected chi connectivity index (χ4v) is 3.22. The highest BCUT2D eigenvalue weighted by molar-refractivity contribution is 5.87. The van der Waals surface area contributed by atoms with Gasteiger partial charge in [0.25, 0.3) is 0 Å². The molecule has 0 radical (unpaired) electrons. The van der Waals surface area contributed by atoms with E-state index in [-0.39, 0.29) is 0 Å². The molecule has 1 aliphatic heterocycles. The molecule has 22 heavy (non-hydrogen) atoms. The molecule has 0 N–H and O–H groups in total. The predicted molar refractivity (Wildman–Crippen MR) is 88.7 cm³/mol. The monoisotopic (exact) mass is 290 g/mol. The third-order valence-corrected chi connectivity index (χ3v) is 4.29. The molecule has 0 fully saturated rings. The van der Waals surface area contributed by atoms with Crippen molar-refractivity contribution in [1.29, 1.82) is 0 Å². The molecule has 0 saturated heterocycles. The molecular weight excluding hydrogens is 272 g/mol. The zero-order valence-corrected chi connectivity index (χ0v) is 12.8. The van der Waals surface area contributed by atoms with Gasteiger partial charge in [-0.2, -0.15) is 0 Å². The van der Waals surface area contributed by atoms with E-state index in [1.807, 2.05) is 4.68 Å². The second kappa shape index (κ2) is 4.98. The topological polar surface area (TPSA) is 34.0 Å². The number of para-hydroxylation sites is 1. The molecule has 1 aliphatic rings. The van der Waals surface area contributed by atoms with Crippen LogP contribution < -0.4 is 4.90 Å². The molecule has 110 valence electrons. The molecule has 0 amide bonds. The Morgan fingerprint density at radius 1 is 1.00 bits per heavy atom. The number of aromatic nitrogens is 3. The molecule has 0 bridgehead atoms. The van der Waals surface area contributed by atoms with E-state index in [1.54, 1.807) is 0 Å². The van der Waals surface area contributed by atoms with Crippen molar-refractivity contribution in [3.05, 3.63) is 54.1 Å². The van der Waals surface area contributed by atoms with Crippen LogP contribution in [0.5, 0.6) is 0 Å². The summed E-state index contributed by atoms with van der Waals surface area (Å²) in [7, 11) is 2.13. The maximum atomic E-state index is 4.49. The summed E-state index contributed by atoms with van der Waals surface area (Å²) in [6, 6.07) is 17.0. The number of benzene rings is 2. The summed E-state index contributed by atoms with van der Waals surface area (Å²) < 4.78 is 2.00. The summed E-state index contributed by atoms with van der Waals surface area (Å²) in [5.74, 6) is 0. The first-order valence-electron chi connectivity index (χ1n) is 7.62. The fourth-order valence-electron chi connectivity index (χ4n) is 3.22. The van der Waals surface area contributed by atoms with Gasteiger partial charge in [0, 0.05) is 37.0 Å². The summed E-state index contributed by atoms with van der Waals surface area (Å²) in [4.78, 5) is 2.28. The summed E-state index contributed by atoms with van der Waals surface area (Å²) >= 11 is 0. The number of nitrogens with zero attached hydrogens (tertiary/aromatic N) is 4. The average Bonchev–Trinajstić information content (AvgIpc) is 2.97. The van der Waals surface area contributed by atoms with Gasteiger partial charge in [-0.05, 0) is 18.6 Å². The minimum Gasteiger partial charge on any atom is -0.370 e. The van der Waals surface area contributed by atoms with Crippen molar-refractivity contribution in [2.45, 2.75) is 20.0 Å². The van der Waals surface area contributed by atoms with E-state index < -0.39 is 0 Å². The summed E-state index contributed by atoms with van der Waals surface area (Å²) in [6.07, 6.45) is 0. The van der Waals surface area contributed by atoms with E-state index in [4.69, 9.17) is 0 Å². The van der Waals surface area contributed by atoms with Crippen molar-refractivity contribution in [2.24, 2.45) is 0 Å². The maximum Gasteiger partial charge on any atom is 0.123 e. The van der Waals surface area contributed by atoms with Crippen LogP contribution >= 0.6 is 0 Å². The maximum absolute atomic E-state index is 4.49. The predicted octanol–water partition coefficient (Wildman–Crippen LogP) is 3.58. The van der Waals surface area contributed by atoms with Crippen molar-refractivity contribution in [3.63, 3.8) is 0 Å². The summed E-state index contributed by atoms with van der Waals surface area (Å²) in [5, 5.41) is 8.86. The van der Waals surface area contributed by atoms with Crippen molar-refractivity contribution in [3.8, 4) is 22.5 Å². The van der Waals surface area contributed by atoms with Gasteiger partial charge in [-0.3, -0.25) is 0 Å². The highest BCUT2D eigenvalue weighted by Gasteiger charge is 2.24. The minimum absolute atomic E-state index is 0.814. The summed E-state index contributed by atoms with van der Waals surface area (Å²) in [6.45, 7) is 3.80. The molecule has 0 unspecified atom stereocenters. The zero-order chi connectivity index (χ0) is 15.1. The average molecular weight is 290 g/mol. The van der Waals surface area contributed by atoms with Crippen LogP contribution in [-0.2, 0) is 13.1 Å². The van der Waals surface area contributed by atoms with E-state index in [1.165, 1.54) is 16.8 Å². The Labute approximate surface area is 130 Å². The van der Waals surface area contributed by atoms with E-state index >= 15 is 0 Å². The highest BCUT2D eigenvalue weighted by Crippen LogP contribution is 2.40. The van der Waals surface area contributed by atoms with E-state index in [0.29, 0.717) is 0 Å². The molecule has 4 heteroatoms. The standard InChI is InChI=1S/C18H18N4/c1-3-22-18-14-9-5-4-8-13(14)12-21(2)16-11-7-6-10-15(16)17(18)19-20-22/h4-11H,3,12H2,1-2H3. The van der Waals surface area contributed by atoms with Gasteiger partial charge in [-0.25, -0.2) is 4.68 Å². The number of fused-ring (bicyclic) bond motifs is 5. The lowest BCUT2D eigenvalue weighted by Gasteiger charge is -2.26. The van der Waals surface area contributed by atoms with Crippen LogP contribution in [0.3, 0.4) is 0 Å². The zero-order valence-electron chi connectivity index (χ0n) is 12.8. The molecule has 0 saturated carbocycles. The Kier molecular flexibility index (Phi) is 2.96. The molecule has 4 rings (SSSR count). The Morgan fingerprint density at radius 3 is 2.55 bits per heavy atom. The second-order valence-corrected chi connectivity index (χ2v) is 5.63. The van der Waals surface area contributed by atoms with Crippen LogP contribution in [-0.4, -0.2) is 22.0 Å². The summed E-state index contributed by atoms with van der Waals surface area (Å²) in [5.41, 5.74) is 6.97. The number of aryl methyl sites for hydroxylation is 1. The molecule has 0 spiro atoms. The quantitative estimate of drug-likeness (QED) is 0.687. The first kappa shape index (κ1) is 13.1. The number of hydrogen-bond donors (Lipinski definition) is 0. The molecule has 1 aromatic heterocycles. The Bertz CT molecular complexity index is 835. The van der Waals surface area contributed by atoms with Crippen LogP contribution in [0, 0.1) is 0 Å². The normalized spacial score (nSPS) is 12.9. The Balaban J connectivity index is 2.10. The first-order valence-corrected chi connectivity index (χ1v) is 7.62. The molecule has 2 aromatic carbocycles. The number of rotatable bonds is 1. The first-order chi connectivity index (χ1) is 10.8. The fraction of sp³-hybridized carbons (Fsp3) is 0.222. The SMILES string of the molecule is CCn1nnc2c1-c1ccccc1CN(C)c1ccccc1-2. The third kappa shape index (κ3) is 1.84. The molecule has 3 aromatic rings. The lowest BCUT2D eigenvalue weighted by atomic mass is 9.96. The van der Waals surface area contributed by atoms with Gasteiger partial charge in [-0.15, -0.1) is 5.10 Å².